The van der Waals surface area contributed by atoms with Gasteiger partial charge in [-0.15, -0.1) is 0 Å². The van der Waals surface area contributed by atoms with Crippen LogP contribution in [0.1, 0.15) is 19.8 Å². The predicted octanol–water partition coefficient (Wildman–Crippen LogP) is 4.58. The second-order valence-corrected chi connectivity index (χ2v) is 4.99. The Morgan fingerprint density at radius 2 is 1.56 bits per heavy atom. The van der Waals surface area contributed by atoms with Crippen LogP contribution in [-0.4, -0.2) is 30.7 Å². The largest absolute Gasteiger partial charge is 0.450 e. The van der Waals surface area contributed by atoms with Crippen LogP contribution in [0, 0.1) is 5.82 Å². The van der Waals surface area contributed by atoms with Gasteiger partial charge in [0.2, 0.25) is 0 Å². The monoisotopic (exact) mass is 376 g/mol. The van der Waals surface area contributed by atoms with Gasteiger partial charge in [-0.3, -0.25) is 5.32 Å². The highest BCUT2D eigenvalue weighted by atomic mass is 19.4. The molecule has 11 heteroatoms. The molecule has 1 amide bonds. The van der Waals surface area contributed by atoms with E-state index in [4.69, 9.17) is 0 Å². The number of ether oxygens (including phenoxy) is 1. The van der Waals surface area contributed by atoms with Gasteiger partial charge >= 0.3 is 24.1 Å². The van der Waals surface area contributed by atoms with Gasteiger partial charge in [-0.05, 0) is 30.7 Å². The van der Waals surface area contributed by atoms with Crippen molar-refractivity contribution in [3.05, 3.63) is 30.1 Å². The quantitative estimate of drug-likeness (QED) is 0.434. The Bertz CT molecular complexity index is 556. The molecule has 0 saturated carbocycles. The fraction of sp³-hybridized carbons (Fsp3) is 0.500. The molecule has 0 unspecified atom stereocenters. The molecule has 0 aliphatic heterocycles. The van der Waals surface area contributed by atoms with Crippen LogP contribution in [0.15, 0.2) is 24.3 Å². The summed E-state index contributed by atoms with van der Waals surface area (Å²) in [6.07, 6.45) is -13.0. The third-order valence-corrected chi connectivity index (χ3v) is 3.05. The summed E-state index contributed by atoms with van der Waals surface area (Å²) in [4.78, 5) is 11.4. The molecule has 1 aromatic carbocycles. The summed E-state index contributed by atoms with van der Waals surface area (Å²) < 4.78 is 96.7. The minimum atomic E-state index is -5.97. The number of halogens is 7. The van der Waals surface area contributed by atoms with E-state index >= 15 is 0 Å². The number of amides is 1. The summed E-state index contributed by atoms with van der Waals surface area (Å²) in [5, 5.41) is 2.01. The molecule has 1 aromatic rings. The first-order chi connectivity index (χ1) is 11.4. The first kappa shape index (κ1) is 20.8. The van der Waals surface area contributed by atoms with E-state index in [0.29, 0.717) is 30.7 Å². The van der Waals surface area contributed by atoms with E-state index in [1.165, 1.54) is 5.32 Å². The van der Waals surface area contributed by atoms with E-state index in [-0.39, 0.29) is 13.0 Å². The Labute approximate surface area is 138 Å². The van der Waals surface area contributed by atoms with Gasteiger partial charge in [0.1, 0.15) is 5.82 Å². The second-order valence-electron chi connectivity index (χ2n) is 4.99. The van der Waals surface area contributed by atoms with E-state index < -0.39 is 35.6 Å². The topological polar surface area (TPSA) is 50.4 Å². The number of alkyl carbamates (subject to hydrolysis) is 1. The minimum absolute atomic E-state index is 0.268. The number of anilines is 1. The number of benzene rings is 1. The number of hydrogen-bond acceptors (Lipinski definition) is 3. The number of alkyl halides is 6. The summed E-state index contributed by atoms with van der Waals surface area (Å²) in [7, 11) is 0. The zero-order valence-electron chi connectivity index (χ0n) is 12.9. The van der Waals surface area contributed by atoms with Gasteiger partial charge in [0.05, 0.1) is 6.61 Å². The maximum absolute atomic E-state index is 13.3. The summed E-state index contributed by atoms with van der Waals surface area (Å²) in [6.45, 7) is 1.34. The fourth-order valence-electron chi connectivity index (χ4n) is 1.72. The van der Waals surface area contributed by atoms with Crippen molar-refractivity contribution in [2.45, 2.75) is 37.8 Å². The summed E-state index contributed by atoms with van der Waals surface area (Å²) >= 11 is 0. The molecule has 0 atom stereocenters. The average Bonchev–Trinajstić information content (AvgIpc) is 2.46. The molecule has 0 saturated heterocycles. The number of rotatable bonds is 6. The molecule has 4 nitrogen and oxygen atoms in total. The van der Waals surface area contributed by atoms with E-state index in [9.17, 15) is 35.5 Å². The highest BCUT2D eigenvalue weighted by molar-refractivity contribution is 5.69. The molecular formula is C14H15F7N2O2. The van der Waals surface area contributed by atoms with Gasteiger partial charge in [-0.1, -0.05) is 13.3 Å². The molecule has 0 spiro atoms. The molecular weight excluding hydrogens is 361 g/mol. The maximum atomic E-state index is 13.3. The van der Waals surface area contributed by atoms with E-state index in [2.05, 4.69) is 4.74 Å². The molecule has 0 radical (unpaired) electrons. The van der Waals surface area contributed by atoms with E-state index in [0.717, 1.165) is 5.32 Å². The van der Waals surface area contributed by atoms with Crippen molar-refractivity contribution < 1.29 is 40.3 Å². The van der Waals surface area contributed by atoms with Crippen molar-refractivity contribution >= 4 is 11.8 Å². The smallest absolute Gasteiger partial charge is 0.439 e. The third-order valence-electron chi connectivity index (χ3n) is 3.05. The van der Waals surface area contributed by atoms with Crippen LogP contribution in [0.25, 0.3) is 0 Å². The van der Waals surface area contributed by atoms with Crippen LogP contribution in [0.5, 0.6) is 0 Å². The van der Waals surface area contributed by atoms with Crippen LogP contribution in [0.4, 0.5) is 41.2 Å². The Kier molecular flexibility index (Phi) is 6.49. The zero-order valence-corrected chi connectivity index (χ0v) is 12.9. The van der Waals surface area contributed by atoms with Crippen molar-refractivity contribution in [3.8, 4) is 0 Å². The fourth-order valence-corrected chi connectivity index (χ4v) is 1.72. The van der Waals surface area contributed by atoms with Gasteiger partial charge in [-0.25, -0.2) is 9.18 Å². The molecule has 0 aliphatic carbocycles. The van der Waals surface area contributed by atoms with Crippen molar-refractivity contribution in [1.82, 2.24) is 5.32 Å². The molecule has 2 N–H and O–H groups in total. The number of carbonyl (C=O) groups is 1. The molecule has 25 heavy (non-hydrogen) atoms. The maximum Gasteiger partial charge on any atom is 0.439 e. The lowest BCUT2D eigenvalue weighted by Gasteiger charge is -2.38. The predicted molar refractivity (Wildman–Crippen MR) is 74.3 cm³/mol. The normalized spacial score (nSPS) is 12.6. The number of hydrogen-bond donors (Lipinski definition) is 2. The average molecular weight is 376 g/mol. The van der Waals surface area contributed by atoms with Gasteiger partial charge < -0.3 is 10.1 Å². The lowest BCUT2D eigenvalue weighted by atomic mass is 10.1. The summed E-state index contributed by atoms with van der Waals surface area (Å²) in [5.74, 6) is -0.859. The number of nitrogens with one attached hydrogen (secondary N) is 2. The van der Waals surface area contributed by atoms with Gasteiger partial charge in [0.15, 0.2) is 0 Å². The van der Waals surface area contributed by atoms with Crippen LogP contribution in [0.3, 0.4) is 0 Å². The Morgan fingerprint density at radius 1 is 1.04 bits per heavy atom. The summed E-state index contributed by atoms with van der Waals surface area (Å²) in [5.41, 5.74) is -5.51. The Balaban J connectivity index is 3.19. The Hall–Kier alpha value is -2.20. The highest BCUT2D eigenvalue weighted by Crippen LogP contribution is 2.43. The molecule has 142 valence electrons. The van der Waals surface area contributed by atoms with Crippen LogP contribution in [0.2, 0.25) is 0 Å². The molecule has 0 aliphatic rings. The second kappa shape index (κ2) is 7.79. The van der Waals surface area contributed by atoms with Crippen LogP contribution in [-0.2, 0) is 4.74 Å². The van der Waals surface area contributed by atoms with Crippen molar-refractivity contribution in [3.63, 3.8) is 0 Å². The first-order valence-electron chi connectivity index (χ1n) is 7.05. The zero-order chi connectivity index (χ0) is 19.3. The van der Waals surface area contributed by atoms with Gasteiger partial charge in [0, 0.05) is 5.69 Å². The van der Waals surface area contributed by atoms with Crippen molar-refractivity contribution in [2.24, 2.45) is 0 Å². The Morgan fingerprint density at radius 3 is 2.00 bits per heavy atom. The number of unbranched alkanes of at least 4 members (excludes halogenated alkanes) is 1. The van der Waals surface area contributed by atoms with E-state index in [1.807, 2.05) is 0 Å². The van der Waals surface area contributed by atoms with Crippen LogP contribution >= 0.6 is 0 Å². The first-order valence-corrected chi connectivity index (χ1v) is 7.05. The summed E-state index contributed by atoms with van der Waals surface area (Å²) in [6, 6.07) is 2.68. The third kappa shape index (κ3) is 5.13. The minimum Gasteiger partial charge on any atom is -0.450 e. The number of carbonyl (C=O) groups excluding carboxylic acids is 1. The molecule has 1 rings (SSSR count). The SMILES string of the molecule is CCCCOC(=O)NC(Nc1ccc(F)cc1)(C(F)(F)F)C(F)(F)F. The molecule has 0 heterocycles. The van der Waals surface area contributed by atoms with Crippen molar-refractivity contribution in [2.75, 3.05) is 11.9 Å². The van der Waals surface area contributed by atoms with Crippen molar-refractivity contribution in [1.29, 1.82) is 0 Å². The van der Waals surface area contributed by atoms with E-state index in [1.54, 1.807) is 6.92 Å². The molecule has 0 aromatic heterocycles. The van der Waals surface area contributed by atoms with Gasteiger partial charge in [-0.2, -0.15) is 26.3 Å². The standard InChI is InChI=1S/C14H15F7N2O2/c1-2-3-8-25-11(24)23-12(13(16,17)18,14(19,20)21)22-10-6-4-9(15)5-7-10/h4-7,22H,2-3,8H2,1H3,(H,23,24). The van der Waals surface area contributed by atoms with Crippen LogP contribution < -0.4 is 10.6 Å². The lowest BCUT2D eigenvalue weighted by Crippen LogP contribution is -2.72. The molecule has 0 fully saturated rings. The highest BCUT2D eigenvalue weighted by Gasteiger charge is 2.73. The lowest BCUT2D eigenvalue weighted by molar-refractivity contribution is -0.294. The molecule has 0 bridgehead atoms. The van der Waals surface area contributed by atoms with Gasteiger partial charge in [0.25, 0.3) is 0 Å².